The van der Waals surface area contributed by atoms with Crippen molar-refractivity contribution in [1.82, 2.24) is 19.7 Å². The fraction of sp³-hybridized carbons (Fsp3) is 0.500. The van der Waals surface area contributed by atoms with Crippen molar-refractivity contribution in [2.24, 2.45) is 5.92 Å². The van der Waals surface area contributed by atoms with Crippen molar-refractivity contribution >= 4 is 12.2 Å². The Morgan fingerprint density at radius 2 is 2.20 bits per heavy atom. The van der Waals surface area contributed by atoms with Gasteiger partial charge in [-0.15, -0.1) is 0 Å². The van der Waals surface area contributed by atoms with Crippen LogP contribution in [0.25, 0.3) is 11.5 Å². The molecule has 0 radical (unpaired) electrons. The molecule has 6 heteroatoms. The predicted octanol–water partition coefficient (Wildman–Crippen LogP) is 2.74. The van der Waals surface area contributed by atoms with E-state index in [9.17, 15) is 0 Å². The second-order valence-electron chi connectivity index (χ2n) is 5.47. The molecule has 1 N–H and O–H groups in total. The molecule has 2 aromatic heterocycles. The lowest BCUT2D eigenvalue weighted by molar-refractivity contribution is 0.0750. The minimum absolute atomic E-state index is 0.279. The number of pyridine rings is 1. The number of rotatable bonds is 3. The summed E-state index contributed by atoms with van der Waals surface area (Å²) in [5.41, 5.74) is 0.848. The summed E-state index contributed by atoms with van der Waals surface area (Å²) in [5, 5.41) is 7.29. The maximum atomic E-state index is 5.93. The Bertz CT molecular complexity index is 661. The molecule has 0 aromatic carbocycles. The molecule has 104 valence electrons. The second-order valence-corrected chi connectivity index (χ2v) is 5.85. The van der Waals surface area contributed by atoms with Gasteiger partial charge in [-0.1, -0.05) is 6.07 Å². The second kappa shape index (κ2) is 4.79. The minimum Gasteiger partial charge on any atom is -0.376 e. The molecule has 1 aliphatic heterocycles. The highest BCUT2D eigenvalue weighted by Crippen LogP contribution is 2.44. The zero-order chi connectivity index (χ0) is 13.5. The van der Waals surface area contributed by atoms with E-state index in [1.54, 1.807) is 6.20 Å². The maximum Gasteiger partial charge on any atom is 0.195 e. The number of H-pyrrole nitrogens is 1. The molecule has 1 aliphatic carbocycles. The van der Waals surface area contributed by atoms with Gasteiger partial charge in [0.1, 0.15) is 5.69 Å². The van der Waals surface area contributed by atoms with Gasteiger partial charge in [0, 0.05) is 12.8 Å². The summed E-state index contributed by atoms with van der Waals surface area (Å²) in [6, 6.07) is 6.11. The summed E-state index contributed by atoms with van der Waals surface area (Å²) >= 11 is 5.43. The highest BCUT2D eigenvalue weighted by Gasteiger charge is 2.42. The molecule has 3 heterocycles. The van der Waals surface area contributed by atoms with Gasteiger partial charge in [0.15, 0.2) is 10.6 Å². The lowest BCUT2D eigenvalue weighted by Crippen LogP contribution is -2.23. The van der Waals surface area contributed by atoms with Crippen LogP contribution in [-0.4, -0.2) is 32.5 Å². The van der Waals surface area contributed by atoms with Crippen molar-refractivity contribution in [3.63, 3.8) is 0 Å². The largest absolute Gasteiger partial charge is 0.376 e. The van der Waals surface area contributed by atoms with Gasteiger partial charge in [-0.2, -0.15) is 5.10 Å². The zero-order valence-electron chi connectivity index (χ0n) is 11.0. The first-order valence-corrected chi connectivity index (χ1v) is 7.45. The van der Waals surface area contributed by atoms with Gasteiger partial charge < -0.3 is 4.74 Å². The molecule has 2 aromatic rings. The first kappa shape index (κ1) is 12.2. The number of aromatic amines is 1. The fourth-order valence-corrected chi connectivity index (χ4v) is 3.31. The third-order valence-electron chi connectivity index (χ3n) is 4.12. The van der Waals surface area contributed by atoms with E-state index in [2.05, 4.69) is 19.7 Å². The minimum atomic E-state index is 0.279. The third-order valence-corrected chi connectivity index (χ3v) is 4.41. The normalized spacial score (nSPS) is 26.0. The van der Waals surface area contributed by atoms with Gasteiger partial charge in [-0.05, 0) is 49.5 Å². The maximum absolute atomic E-state index is 5.93. The number of ether oxygens (including phenoxy) is 1. The highest BCUT2D eigenvalue weighted by atomic mass is 32.1. The van der Waals surface area contributed by atoms with Crippen LogP contribution in [0.4, 0.5) is 0 Å². The molecule has 2 aliphatic rings. The van der Waals surface area contributed by atoms with E-state index in [0.29, 0.717) is 10.7 Å². The number of nitrogens with one attached hydrogen (secondary N) is 1. The summed E-state index contributed by atoms with van der Waals surface area (Å²) in [6.45, 7) is 0.806. The topological polar surface area (TPSA) is 55.7 Å². The van der Waals surface area contributed by atoms with Crippen LogP contribution in [-0.2, 0) is 4.74 Å². The van der Waals surface area contributed by atoms with Crippen LogP contribution in [0.15, 0.2) is 24.4 Å². The molecular formula is C14H16N4OS. The van der Waals surface area contributed by atoms with E-state index in [4.69, 9.17) is 17.0 Å². The summed E-state index contributed by atoms with van der Waals surface area (Å²) in [4.78, 5) is 4.39. The molecule has 2 fully saturated rings. The summed E-state index contributed by atoms with van der Waals surface area (Å²) in [5.74, 6) is 1.51. The van der Waals surface area contributed by atoms with Crippen LogP contribution in [0.1, 0.15) is 25.3 Å². The molecular weight excluding hydrogens is 272 g/mol. The molecule has 1 saturated carbocycles. The van der Waals surface area contributed by atoms with Crippen LogP contribution in [0.5, 0.6) is 0 Å². The number of aromatic nitrogens is 4. The first-order valence-electron chi connectivity index (χ1n) is 7.04. The molecule has 2 unspecified atom stereocenters. The Morgan fingerprint density at radius 1 is 1.30 bits per heavy atom. The standard InChI is InChI=1S/C14H16N4OS/c20-14-17-16-13(10-3-1-2-7-15-10)18(14)11-6-8-19-12(11)9-4-5-9/h1-3,7,9,11-12H,4-6,8H2,(H,17,20). The number of hydrogen-bond acceptors (Lipinski definition) is 4. The molecule has 0 amide bonds. The van der Waals surface area contributed by atoms with Gasteiger partial charge >= 0.3 is 0 Å². The molecule has 2 atom stereocenters. The van der Waals surface area contributed by atoms with Crippen molar-refractivity contribution < 1.29 is 4.74 Å². The summed E-state index contributed by atoms with van der Waals surface area (Å²) < 4.78 is 8.69. The quantitative estimate of drug-likeness (QED) is 0.882. The Morgan fingerprint density at radius 3 is 2.95 bits per heavy atom. The molecule has 4 rings (SSSR count). The molecule has 0 spiro atoms. The lowest BCUT2D eigenvalue weighted by Gasteiger charge is -2.20. The third kappa shape index (κ3) is 1.99. The summed E-state index contributed by atoms with van der Waals surface area (Å²) in [6.07, 6.45) is 5.59. The van der Waals surface area contributed by atoms with Crippen molar-refractivity contribution in [2.45, 2.75) is 31.4 Å². The van der Waals surface area contributed by atoms with Crippen LogP contribution in [0, 0.1) is 10.7 Å². The molecule has 0 bridgehead atoms. The Hall–Kier alpha value is -1.53. The van der Waals surface area contributed by atoms with Crippen molar-refractivity contribution in [2.75, 3.05) is 6.61 Å². The van der Waals surface area contributed by atoms with E-state index in [0.717, 1.165) is 24.5 Å². The predicted molar refractivity (Wildman–Crippen MR) is 76.8 cm³/mol. The van der Waals surface area contributed by atoms with E-state index >= 15 is 0 Å². The van der Waals surface area contributed by atoms with E-state index < -0.39 is 0 Å². The Balaban J connectivity index is 1.78. The SMILES string of the molecule is S=c1[nH]nc(-c2ccccn2)n1C1CCOC1C1CC1. The van der Waals surface area contributed by atoms with Crippen LogP contribution < -0.4 is 0 Å². The Labute approximate surface area is 122 Å². The number of nitrogens with zero attached hydrogens (tertiary/aromatic N) is 3. The van der Waals surface area contributed by atoms with Crippen molar-refractivity contribution in [1.29, 1.82) is 0 Å². The van der Waals surface area contributed by atoms with Gasteiger partial charge in [-0.25, -0.2) is 0 Å². The van der Waals surface area contributed by atoms with Crippen molar-refractivity contribution in [3.05, 3.63) is 29.2 Å². The molecule has 1 saturated heterocycles. The number of hydrogen-bond donors (Lipinski definition) is 1. The van der Waals surface area contributed by atoms with Gasteiger partial charge in [-0.3, -0.25) is 14.6 Å². The lowest BCUT2D eigenvalue weighted by atomic mass is 10.1. The van der Waals surface area contributed by atoms with Crippen LogP contribution >= 0.6 is 12.2 Å². The van der Waals surface area contributed by atoms with E-state index in [1.807, 2.05) is 18.2 Å². The van der Waals surface area contributed by atoms with Gasteiger partial charge in [0.05, 0.1) is 12.1 Å². The van der Waals surface area contributed by atoms with Crippen LogP contribution in [0.3, 0.4) is 0 Å². The van der Waals surface area contributed by atoms with Gasteiger partial charge in [0.2, 0.25) is 0 Å². The molecule has 20 heavy (non-hydrogen) atoms. The Kier molecular flexibility index (Phi) is 2.93. The van der Waals surface area contributed by atoms with Crippen LogP contribution in [0.2, 0.25) is 0 Å². The average Bonchev–Trinajstić information content (AvgIpc) is 3.09. The van der Waals surface area contributed by atoms with E-state index in [-0.39, 0.29) is 12.1 Å². The average molecular weight is 288 g/mol. The summed E-state index contributed by atoms with van der Waals surface area (Å²) in [7, 11) is 0. The first-order chi connectivity index (χ1) is 9.84. The zero-order valence-corrected chi connectivity index (χ0v) is 11.8. The smallest absolute Gasteiger partial charge is 0.195 e. The van der Waals surface area contributed by atoms with Gasteiger partial charge in [0.25, 0.3) is 0 Å². The highest BCUT2D eigenvalue weighted by molar-refractivity contribution is 7.71. The fourth-order valence-electron chi connectivity index (χ4n) is 3.04. The molecule has 5 nitrogen and oxygen atoms in total. The van der Waals surface area contributed by atoms with E-state index in [1.165, 1.54) is 12.8 Å². The van der Waals surface area contributed by atoms with Crippen molar-refractivity contribution in [3.8, 4) is 11.5 Å². The monoisotopic (exact) mass is 288 g/mol.